The normalized spacial score (nSPS) is 26.3. The van der Waals surface area contributed by atoms with Crippen molar-refractivity contribution in [2.24, 2.45) is 0 Å². The van der Waals surface area contributed by atoms with Gasteiger partial charge in [0, 0.05) is 24.8 Å². The van der Waals surface area contributed by atoms with E-state index >= 15 is 0 Å². The van der Waals surface area contributed by atoms with E-state index in [2.05, 4.69) is 22.0 Å². The highest BCUT2D eigenvalue weighted by Gasteiger charge is 2.38. The Labute approximate surface area is 135 Å². The molecule has 2 fully saturated rings. The molecule has 122 valence electrons. The van der Waals surface area contributed by atoms with E-state index < -0.39 is 0 Å². The fourth-order valence-corrected chi connectivity index (χ4v) is 3.97. The summed E-state index contributed by atoms with van der Waals surface area (Å²) in [6, 6.07) is 6.08. The van der Waals surface area contributed by atoms with Gasteiger partial charge in [-0.05, 0) is 36.1 Å². The minimum Gasteiger partial charge on any atom is -0.350 e. The van der Waals surface area contributed by atoms with Crippen molar-refractivity contribution < 1.29 is 9.59 Å². The van der Waals surface area contributed by atoms with Gasteiger partial charge in [-0.3, -0.25) is 4.79 Å². The largest absolute Gasteiger partial charge is 0.350 e. The van der Waals surface area contributed by atoms with Crippen molar-refractivity contribution in [3.05, 3.63) is 29.3 Å². The predicted molar refractivity (Wildman–Crippen MR) is 86.9 cm³/mol. The third kappa shape index (κ3) is 2.79. The number of urea groups is 1. The second-order valence-electron chi connectivity index (χ2n) is 6.67. The van der Waals surface area contributed by atoms with Crippen LogP contribution < -0.4 is 16.0 Å². The molecule has 0 spiro atoms. The number of hydrogen-bond acceptors (Lipinski definition) is 3. The van der Waals surface area contributed by atoms with Crippen molar-refractivity contribution in [3.8, 4) is 0 Å². The molecule has 2 atom stereocenters. The van der Waals surface area contributed by atoms with E-state index in [-0.39, 0.29) is 30.6 Å². The van der Waals surface area contributed by atoms with Gasteiger partial charge in [0.1, 0.15) is 6.54 Å². The molecule has 0 bridgehead atoms. The maximum atomic E-state index is 12.7. The van der Waals surface area contributed by atoms with Gasteiger partial charge >= 0.3 is 6.03 Å². The molecule has 4 rings (SSSR count). The van der Waals surface area contributed by atoms with Crippen molar-refractivity contribution in [2.75, 3.05) is 11.9 Å². The summed E-state index contributed by atoms with van der Waals surface area (Å²) in [5.41, 5.74) is 3.32. The second-order valence-corrected chi connectivity index (χ2v) is 6.67. The lowest BCUT2D eigenvalue weighted by molar-refractivity contribution is -0.126. The summed E-state index contributed by atoms with van der Waals surface area (Å²) < 4.78 is 0. The van der Waals surface area contributed by atoms with E-state index in [1.807, 2.05) is 12.1 Å². The van der Waals surface area contributed by atoms with Crippen molar-refractivity contribution in [1.29, 1.82) is 0 Å². The number of nitrogens with zero attached hydrogens (tertiary/aromatic N) is 1. The number of carbonyl (C=O) groups excluding carboxylic acids is 2. The summed E-state index contributed by atoms with van der Waals surface area (Å²) in [6.45, 7) is 1.88. The Morgan fingerprint density at radius 3 is 2.91 bits per heavy atom. The van der Waals surface area contributed by atoms with Crippen molar-refractivity contribution in [3.63, 3.8) is 0 Å². The molecule has 1 saturated carbocycles. The third-order valence-electron chi connectivity index (χ3n) is 5.14. The molecule has 0 aromatic heterocycles. The van der Waals surface area contributed by atoms with Gasteiger partial charge in [0.15, 0.2) is 0 Å². The van der Waals surface area contributed by atoms with Crippen LogP contribution in [0.15, 0.2) is 18.2 Å². The Bertz CT molecular complexity index is 645. The number of amides is 3. The van der Waals surface area contributed by atoms with E-state index in [1.54, 1.807) is 4.90 Å². The molecule has 2 heterocycles. The van der Waals surface area contributed by atoms with Crippen LogP contribution in [0, 0.1) is 0 Å². The van der Waals surface area contributed by atoms with Crippen LogP contribution in [0.1, 0.15) is 36.8 Å². The zero-order chi connectivity index (χ0) is 15.8. The molecular weight excluding hydrogens is 292 g/mol. The van der Waals surface area contributed by atoms with Crippen molar-refractivity contribution in [1.82, 2.24) is 15.5 Å². The Kier molecular flexibility index (Phi) is 3.69. The summed E-state index contributed by atoms with van der Waals surface area (Å²) in [4.78, 5) is 26.3. The molecule has 1 saturated heterocycles. The van der Waals surface area contributed by atoms with Gasteiger partial charge in [0.05, 0.1) is 6.04 Å². The Hall–Kier alpha value is -2.08. The number of nitrogens with one attached hydrogen (secondary N) is 3. The first kappa shape index (κ1) is 14.5. The number of fused-ring (bicyclic) bond motifs is 2. The molecule has 0 radical (unpaired) electrons. The van der Waals surface area contributed by atoms with Gasteiger partial charge < -0.3 is 20.9 Å². The van der Waals surface area contributed by atoms with Gasteiger partial charge in [0.25, 0.3) is 0 Å². The standard InChI is InChI=1S/C17H22N4O2/c22-16-10-21(15-4-2-1-3-14(15)20-16)17(23)19-13-6-5-11-8-18-9-12(11)7-13/h5-7,14-15,18H,1-4,8-10H2,(H,19,23)(H,20,22)/t14-,15+/m1/s1. The zero-order valence-electron chi connectivity index (χ0n) is 13.1. The Balaban J connectivity index is 1.50. The van der Waals surface area contributed by atoms with E-state index in [9.17, 15) is 9.59 Å². The summed E-state index contributed by atoms with van der Waals surface area (Å²) in [5.74, 6) is -0.0542. The van der Waals surface area contributed by atoms with Crippen LogP contribution in [0.25, 0.3) is 0 Å². The SMILES string of the molecule is O=C1CN(C(=O)Nc2ccc3c(c2)CNC3)[C@H]2CCCC[C@H]2N1. The minimum atomic E-state index is -0.164. The van der Waals surface area contributed by atoms with Crippen LogP contribution >= 0.6 is 0 Å². The molecular formula is C17H22N4O2. The van der Waals surface area contributed by atoms with Crippen molar-refractivity contribution >= 4 is 17.6 Å². The highest BCUT2D eigenvalue weighted by Crippen LogP contribution is 2.27. The molecule has 23 heavy (non-hydrogen) atoms. The van der Waals surface area contributed by atoms with Crippen LogP contribution in [0.4, 0.5) is 10.5 Å². The van der Waals surface area contributed by atoms with E-state index in [0.717, 1.165) is 44.5 Å². The van der Waals surface area contributed by atoms with Crippen molar-refractivity contribution in [2.45, 2.75) is 50.9 Å². The molecule has 1 aromatic rings. The maximum Gasteiger partial charge on any atom is 0.322 e. The highest BCUT2D eigenvalue weighted by atomic mass is 16.2. The number of benzene rings is 1. The average molecular weight is 314 g/mol. The average Bonchev–Trinajstić information content (AvgIpc) is 3.01. The first-order chi connectivity index (χ1) is 11.2. The van der Waals surface area contributed by atoms with E-state index in [0.29, 0.717) is 0 Å². The van der Waals surface area contributed by atoms with Gasteiger partial charge in [-0.1, -0.05) is 18.9 Å². The second kappa shape index (κ2) is 5.85. The summed E-state index contributed by atoms with van der Waals surface area (Å²) in [7, 11) is 0. The third-order valence-corrected chi connectivity index (χ3v) is 5.14. The monoisotopic (exact) mass is 314 g/mol. The highest BCUT2D eigenvalue weighted by molar-refractivity contribution is 5.93. The number of carbonyl (C=O) groups is 2. The first-order valence-corrected chi connectivity index (χ1v) is 8.40. The van der Waals surface area contributed by atoms with Gasteiger partial charge in [-0.25, -0.2) is 4.79 Å². The number of anilines is 1. The fourth-order valence-electron chi connectivity index (χ4n) is 3.97. The van der Waals surface area contributed by atoms with E-state index in [1.165, 1.54) is 11.1 Å². The van der Waals surface area contributed by atoms with Crippen LogP contribution in [-0.2, 0) is 17.9 Å². The minimum absolute atomic E-state index is 0.0542. The van der Waals surface area contributed by atoms with Crippen LogP contribution in [-0.4, -0.2) is 35.5 Å². The van der Waals surface area contributed by atoms with Gasteiger partial charge in [-0.2, -0.15) is 0 Å². The Morgan fingerprint density at radius 1 is 1.17 bits per heavy atom. The quantitative estimate of drug-likeness (QED) is 0.736. The Morgan fingerprint density at radius 2 is 2.00 bits per heavy atom. The van der Waals surface area contributed by atoms with Crippen LogP contribution in [0.2, 0.25) is 0 Å². The van der Waals surface area contributed by atoms with E-state index in [4.69, 9.17) is 0 Å². The first-order valence-electron chi connectivity index (χ1n) is 8.40. The predicted octanol–water partition coefficient (Wildman–Crippen LogP) is 1.56. The van der Waals surface area contributed by atoms with Crippen LogP contribution in [0.3, 0.4) is 0 Å². The molecule has 1 aromatic carbocycles. The molecule has 1 aliphatic carbocycles. The lowest BCUT2D eigenvalue weighted by Crippen LogP contribution is -2.63. The topological polar surface area (TPSA) is 73.5 Å². The zero-order valence-corrected chi connectivity index (χ0v) is 13.1. The molecule has 6 nitrogen and oxygen atoms in total. The molecule has 6 heteroatoms. The number of rotatable bonds is 1. The fraction of sp³-hybridized carbons (Fsp3) is 0.529. The summed E-state index contributed by atoms with van der Waals surface area (Å²) in [5, 5.41) is 9.30. The number of piperazine rings is 1. The lowest BCUT2D eigenvalue weighted by Gasteiger charge is -2.43. The lowest BCUT2D eigenvalue weighted by atomic mass is 9.87. The number of hydrogen-bond donors (Lipinski definition) is 3. The molecule has 2 aliphatic heterocycles. The molecule has 3 aliphatic rings. The summed E-state index contributed by atoms with van der Waals surface area (Å²) in [6.07, 6.45) is 4.16. The maximum absolute atomic E-state index is 12.7. The van der Waals surface area contributed by atoms with Gasteiger partial charge in [-0.15, -0.1) is 0 Å². The smallest absolute Gasteiger partial charge is 0.322 e. The van der Waals surface area contributed by atoms with Crippen LogP contribution in [0.5, 0.6) is 0 Å². The summed E-state index contributed by atoms with van der Waals surface area (Å²) >= 11 is 0. The molecule has 3 amide bonds. The van der Waals surface area contributed by atoms with Gasteiger partial charge in [0.2, 0.25) is 5.91 Å². The molecule has 0 unspecified atom stereocenters. The molecule has 3 N–H and O–H groups in total.